The van der Waals surface area contributed by atoms with Gasteiger partial charge in [0.05, 0.1) is 6.04 Å². The number of halogens is 1. The van der Waals surface area contributed by atoms with Crippen LogP contribution in [0.25, 0.3) is 0 Å². The summed E-state index contributed by atoms with van der Waals surface area (Å²) in [7, 11) is 3.16. The van der Waals surface area contributed by atoms with Crippen LogP contribution >= 0.6 is 11.6 Å². The van der Waals surface area contributed by atoms with Crippen LogP contribution < -0.4 is 11.1 Å². The third kappa shape index (κ3) is 6.37. The number of hydrogen-bond acceptors (Lipinski definition) is 3. The molecule has 0 fully saturated rings. The maximum Gasteiger partial charge on any atom is 0.193 e. The maximum atomic E-state index is 5.85. The van der Waals surface area contributed by atoms with E-state index in [1.807, 2.05) is 31.2 Å². The highest BCUT2D eigenvalue weighted by Gasteiger charge is 2.02. The van der Waals surface area contributed by atoms with Gasteiger partial charge in [0.15, 0.2) is 5.96 Å². The minimum atomic E-state index is -0.0213. The summed E-state index contributed by atoms with van der Waals surface area (Å²) in [5.74, 6) is 0.803. The van der Waals surface area contributed by atoms with Crippen LogP contribution in [0.15, 0.2) is 39.2 Å². The number of hydrogen-bond donors (Lipinski definition) is 2. The number of nitrogens with two attached hydrogens (primary N) is 1. The van der Waals surface area contributed by atoms with E-state index in [0.29, 0.717) is 10.9 Å². The lowest BCUT2D eigenvalue weighted by molar-refractivity contribution is 0.243. The average Bonchev–Trinajstić information content (AvgIpc) is 2.47. The molecule has 1 unspecified atom stereocenters. The summed E-state index contributed by atoms with van der Waals surface area (Å²) in [6.07, 6.45) is 1.48. The number of benzene rings is 1. The van der Waals surface area contributed by atoms with Gasteiger partial charge in [0, 0.05) is 19.2 Å². The molecule has 0 heterocycles. The van der Waals surface area contributed by atoms with Crippen LogP contribution in [0.4, 0.5) is 0 Å². The van der Waals surface area contributed by atoms with Crippen molar-refractivity contribution in [2.24, 2.45) is 20.7 Å². The molecule has 1 rings (SSSR count). The Morgan fingerprint density at radius 2 is 2.10 bits per heavy atom. The molecule has 0 saturated carbocycles. The quantitative estimate of drug-likeness (QED) is 0.644. The minimum Gasteiger partial charge on any atom is -0.377 e. The van der Waals surface area contributed by atoms with Crippen LogP contribution in [0.2, 0.25) is 5.02 Å². The first-order chi connectivity index (χ1) is 10.1. The van der Waals surface area contributed by atoms with Gasteiger partial charge >= 0.3 is 0 Å². The van der Waals surface area contributed by atoms with Gasteiger partial charge in [-0.05, 0) is 24.6 Å². The largest absolute Gasteiger partial charge is 0.377 e. The summed E-state index contributed by atoms with van der Waals surface area (Å²) in [5, 5.41) is 3.54. The molecular weight excluding hydrogens is 290 g/mol. The normalized spacial score (nSPS) is 14.5. The van der Waals surface area contributed by atoms with E-state index in [1.165, 1.54) is 6.34 Å². The number of methoxy groups -OCH3 is 1. The van der Waals surface area contributed by atoms with E-state index in [4.69, 9.17) is 22.1 Å². The number of nitrogens with zero attached hydrogens (tertiary/aromatic N) is 3. The van der Waals surface area contributed by atoms with Gasteiger partial charge in [-0.3, -0.25) is 9.98 Å². The molecule has 0 amide bonds. The molecule has 1 aromatic rings. The Morgan fingerprint density at radius 1 is 1.43 bits per heavy atom. The summed E-state index contributed by atoms with van der Waals surface area (Å²) in [6.45, 7) is 2.26. The molecule has 0 aliphatic carbocycles. The first-order valence-electron chi connectivity index (χ1n) is 6.38. The lowest BCUT2D eigenvalue weighted by Crippen LogP contribution is -2.38. The highest BCUT2D eigenvalue weighted by molar-refractivity contribution is 6.30. The number of amidine groups is 1. The Kier molecular flexibility index (Phi) is 7.42. The standard InChI is InChI=1S/C14H20ClN5O/c1-10(11-4-6-12(15)7-5-11)18-9-19-13(8-21-3)20-14(16)17-2/h4-7,9-10H,8H2,1-3H3,(H3,16,17,18,19,20). The molecule has 0 spiro atoms. The highest BCUT2D eigenvalue weighted by Crippen LogP contribution is 2.18. The SMILES string of the molecule is CN=C(N)NC(COC)=NC=NC(C)c1ccc(Cl)cc1. The molecule has 0 saturated heterocycles. The lowest BCUT2D eigenvalue weighted by atomic mass is 10.1. The second-order valence-corrected chi connectivity index (χ2v) is 4.67. The van der Waals surface area contributed by atoms with Gasteiger partial charge in [0.1, 0.15) is 18.8 Å². The molecule has 1 aromatic carbocycles. The third-order valence-electron chi connectivity index (χ3n) is 2.65. The average molecular weight is 310 g/mol. The summed E-state index contributed by atoms with van der Waals surface area (Å²) >= 11 is 5.85. The molecule has 1 atom stereocenters. The minimum absolute atomic E-state index is 0.0213. The van der Waals surface area contributed by atoms with Crippen molar-refractivity contribution >= 4 is 29.7 Å². The summed E-state index contributed by atoms with van der Waals surface area (Å²) in [4.78, 5) is 12.3. The fraction of sp³-hybridized carbons (Fsp3) is 0.357. The predicted octanol–water partition coefficient (Wildman–Crippen LogP) is 2.01. The van der Waals surface area contributed by atoms with E-state index < -0.39 is 0 Å². The lowest BCUT2D eigenvalue weighted by Gasteiger charge is -2.07. The van der Waals surface area contributed by atoms with Crippen molar-refractivity contribution in [1.29, 1.82) is 0 Å². The third-order valence-corrected chi connectivity index (χ3v) is 2.90. The highest BCUT2D eigenvalue weighted by atomic mass is 35.5. The van der Waals surface area contributed by atoms with Crippen LogP contribution in [0.5, 0.6) is 0 Å². The first-order valence-corrected chi connectivity index (χ1v) is 6.76. The molecule has 7 heteroatoms. The van der Waals surface area contributed by atoms with E-state index >= 15 is 0 Å². The Labute approximate surface area is 129 Å². The maximum absolute atomic E-state index is 5.85. The predicted molar refractivity (Wildman–Crippen MR) is 88.4 cm³/mol. The number of guanidine groups is 1. The molecule has 0 aliphatic rings. The molecule has 0 aliphatic heterocycles. The van der Waals surface area contributed by atoms with Crippen molar-refractivity contribution in [3.05, 3.63) is 34.9 Å². The van der Waals surface area contributed by atoms with Crippen molar-refractivity contribution < 1.29 is 4.74 Å². The van der Waals surface area contributed by atoms with Crippen molar-refractivity contribution in [2.45, 2.75) is 13.0 Å². The number of aliphatic imine (C=N–C) groups is 3. The first kappa shape index (κ1) is 17.1. The molecule has 0 aromatic heterocycles. The van der Waals surface area contributed by atoms with Crippen molar-refractivity contribution in [3.8, 4) is 0 Å². The second kappa shape index (κ2) is 9.10. The monoisotopic (exact) mass is 309 g/mol. The Balaban J connectivity index is 2.71. The van der Waals surface area contributed by atoms with Gasteiger partial charge in [0.2, 0.25) is 0 Å². The number of rotatable bonds is 5. The van der Waals surface area contributed by atoms with Crippen molar-refractivity contribution in [2.75, 3.05) is 20.8 Å². The molecule has 0 radical (unpaired) electrons. The van der Waals surface area contributed by atoms with Gasteiger partial charge in [0.25, 0.3) is 0 Å². The number of nitrogens with one attached hydrogen (secondary N) is 1. The summed E-state index contributed by atoms with van der Waals surface area (Å²) in [5.41, 5.74) is 6.64. The van der Waals surface area contributed by atoms with E-state index in [1.54, 1.807) is 14.2 Å². The van der Waals surface area contributed by atoms with Gasteiger partial charge in [-0.1, -0.05) is 23.7 Å². The van der Waals surface area contributed by atoms with E-state index in [9.17, 15) is 0 Å². The summed E-state index contributed by atoms with van der Waals surface area (Å²) in [6, 6.07) is 7.52. The fourth-order valence-electron chi connectivity index (χ4n) is 1.48. The topological polar surface area (TPSA) is 84.4 Å². The Morgan fingerprint density at radius 3 is 2.67 bits per heavy atom. The molecule has 6 nitrogen and oxygen atoms in total. The second-order valence-electron chi connectivity index (χ2n) is 4.23. The van der Waals surface area contributed by atoms with Gasteiger partial charge in [-0.15, -0.1) is 0 Å². The van der Waals surface area contributed by atoms with Crippen LogP contribution in [0.1, 0.15) is 18.5 Å². The van der Waals surface area contributed by atoms with Crippen LogP contribution in [0.3, 0.4) is 0 Å². The van der Waals surface area contributed by atoms with Gasteiger partial charge in [-0.2, -0.15) is 0 Å². The molecule has 114 valence electrons. The smallest absolute Gasteiger partial charge is 0.193 e. The Bertz CT molecular complexity index is 525. The zero-order valence-corrected chi connectivity index (χ0v) is 13.1. The Hall–Kier alpha value is -1.92. The van der Waals surface area contributed by atoms with E-state index in [0.717, 1.165) is 5.56 Å². The van der Waals surface area contributed by atoms with Gasteiger partial charge in [-0.25, -0.2) is 4.99 Å². The molecule has 3 N–H and O–H groups in total. The number of ether oxygens (including phenoxy) is 1. The van der Waals surface area contributed by atoms with Crippen molar-refractivity contribution in [1.82, 2.24) is 5.32 Å². The van der Waals surface area contributed by atoms with Crippen molar-refractivity contribution in [3.63, 3.8) is 0 Å². The van der Waals surface area contributed by atoms with Crippen LogP contribution in [-0.2, 0) is 4.74 Å². The molecule has 0 bridgehead atoms. The van der Waals surface area contributed by atoms with Crippen LogP contribution in [-0.4, -0.2) is 38.9 Å². The van der Waals surface area contributed by atoms with Gasteiger partial charge < -0.3 is 15.8 Å². The van der Waals surface area contributed by atoms with E-state index in [-0.39, 0.29) is 18.6 Å². The zero-order chi connectivity index (χ0) is 15.7. The zero-order valence-electron chi connectivity index (χ0n) is 12.4. The van der Waals surface area contributed by atoms with Crippen LogP contribution in [0, 0.1) is 0 Å². The van der Waals surface area contributed by atoms with E-state index in [2.05, 4.69) is 20.3 Å². The molecule has 21 heavy (non-hydrogen) atoms. The fourth-order valence-corrected chi connectivity index (χ4v) is 1.60. The molecular formula is C14H20ClN5O. The summed E-state index contributed by atoms with van der Waals surface area (Å²) < 4.78 is 5.02.